The highest BCUT2D eigenvalue weighted by Crippen LogP contribution is 2.23. The fourth-order valence-electron chi connectivity index (χ4n) is 2.67. The number of carboxylic acid groups (broad SMARTS) is 1. The van der Waals surface area contributed by atoms with E-state index in [0.717, 1.165) is 35.6 Å². The van der Waals surface area contributed by atoms with Crippen LogP contribution < -0.4 is 0 Å². The zero-order valence-electron chi connectivity index (χ0n) is 13.0. The summed E-state index contributed by atoms with van der Waals surface area (Å²) in [7, 11) is 0. The first kappa shape index (κ1) is 16.9. The van der Waals surface area contributed by atoms with E-state index in [9.17, 15) is 9.59 Å². The Balaban J connectivity index is 1.71. The monoisotopic (exact) mass is 326 g/mol. The smallest absolute Gasteiger partial charge is 0.303 e. The molecule has 22 heavy (non-hydrogen) atoms. The molecular weight excluding hydrogens is 304 g/mol. The van der Waals surface area contributed by atoms with Crippen LogP contribution in [-0.2, 0) is 15.3 Å². The van der Waals surface area contributed by atoms with Gasteiger partial charge >= 0.3 is 5.97 Å². The Kier molecular flexibility index (Phi) is 5.88. The molecule has 122 valence electrons. The molecule has 0 saturated carbocycles. The van der Waals surface area contributed by atoms with Gasteiger partial charge in [0.05, 0.1) is 11.4 Å². The lowest BCUT2D eigenvalue weighted by Crippen LogP contribution is -2.39. The van der Waals surface area contributed by atoms with E-state index in [1.54, 1.807) is 11.8 Å². The molecule has 0 aromatic carbocycles. The number of hydrogen-bond acceptors (Lipinski definition) is 5. The van der Waals surface area contributed by atoms with Crippen LogP contribution in [0.3, 0.4) is 0 Å². The number of carbonyl (C=O) groups is 2. The third-order valence-electron chi connectivity index (χ3n) is 4.08. The van der Waals surface area contributed by atoms with Gasteiger partial charge in [0, 0.05) is 30.8 Å². The quantitative estimate of drug-likeness (QED) is 0.863. The Morgan fingerprint density at radius 2 is 2.05 bits per heavy atom. The fourth-order valence-corrected chi connectivity index (χ4v) is 3.75. The van der Waals surface area contributed by atoms with Gasteiger partial charge in [-0.25, -0.2) is 0 Å². The molecule has 2 heterocycles. The van der Waals surface area contributed by atoms with Gasteiger partial charge in [0.15, 0.2) is 0 Å². The van der Waals surface area contributed by atoms with Gasteiger partial charge in [0.1, 0.15) is 5.76 Å². The molecule has 1 N–H and O–H groups in total. The third kappa shape index (κ3) is 4.50. The predicted molar refractivity (Wildman–Crippen MR) is 83.7 cm³/mol. The largest absolute Gasteiger partial charge is 0.481 e. The van der Waals surface area contributed by atoms with Crippen LogP contribution in [0.5, 0.6) is 0 Å². The molecule has 6 nitrogen and oxygen atoms in total. The number of amides is 1. The molecule has 1 aromatic rings. The van der Waals surface area contributed by atoms with E-state index < -0.39 is 5.97 Å². The summed E-state index contributed by atoms with van der Waals surface area (Å²) < 4.78 is 5.11. The van der Waals surface area contributed by atoms with Crippen molar-refractivity contribution in [2.45, 2.75) is 38.9 Å². The number of nitrogens with zero attached hydrogens (tertiary/aromatic N) is 2. The molecule has 0 atom stereocenters. The second kappa shape index (κ2) is 7.67. The maximum absolute atomic E-state index is 12.2. The van der Waals surface area contributed by atoms with E-state index >= 15 is 0 Å². The summed E-state index contributed by atoms with van der Waals surface area (Å²) in [6.07, 6.45) is 1.78. The topological polar surface area (TPSA) is 83.6 Å². The second-order valence-electron chi connectivity index (χ2n) is 5.72. The van der Waals surface area contributed by atoms with E-state index in [4.69, 9.17) is 9.63 Å². The first-order chi connectivity index (χ1) is 10.5. The molecule has 0 bridgehead atoms. The minimum atomic E-state index is -0.750. The number of hydrogen-bond donors (Lipinski definition) is 1. The van der Waals surface area contributed by atoms with Crippen LogP contribution in [0.2, 0.25) is 0 Å². The summed E-state index contributed by atoms with van der Waals surface area (Å²) in [5.74, 6) is 1.56. The van der Waals surface area contributed by atoms with E-state index in [1.165, 1.54) is 0 Å². The summed E-state index contributed by atoms with van der Waals surface area (Å²) in [5.41, 5.74) is 1.95. The lowest BCUT2D eigenvalue weighted by molar-refractivity contribution is -0.138. The highest BCUT2D eigenvalue weighted by molar-refractivity contribution is 7.99. The number of likely N-dealkylation sites (tertiary alicyclic amines) is 1. The van der Waals surface area contributed by atoms with Crippen LogP contribution in [0.15, 0.2) is 4.52 Å². The first-order valence-corrected chi connectivity index (χ1v) is 8.62. The zero-order valence-corrected chi connectivity index (χ0v) is 13.8. The Hall–Kier alpha value is -1.50. The minimum Gasteiger partial charge on any atom is -0.481 e. The van der Waals surface area contributed by atoms with Crippen molar-refractivity contribution in [3.8, 4) is 0 Å². The molecule has 0 radical (unpaired) electrons. The van der Waals surface area contributed by atoms with E-state index in [-0.39, 0.29) is 18.2 Å². The van der Waals surface area contributed by atoms with Gasteiger partial charge in [-0.15, -0.1) is 11.8 Å². The minimum absolute atomic E-state index is 0.130. The third-order valence-corrected chi connectivity index (χ3v) is 5.03. The van der Waals surface area contributed by atoms with Crippen molar-refractivity contribution in [1.29, 1.82) is 0 Å². The number of aryl methyl sites for hydroxylation is 2. The number of piperidine rings is 1. The molecule has 1 saturated heterocycles. The molecule has 7 heteroatoms. The highest BCUT2D eigenvalue weighted by Gasteiger charge is 2.24. The van der Waals surface area contributed by atoms with E-state index in [0.29, 0.717) is 18.8 Å². The summed E-state index contributed by atoms with van der Waals surface area (Å²) in [6, 6.07) is 0. The number of aromatic nitrogens is 1. The van der Waals surface area contributed by atoms with Crippen molar-refractivity contribution in [3.05, 3.63) is 17.0 Å². The number of carbonyl (C=O) groups excluding carboxylic acids is 1. The number of rotatable bonds is 6. The van der Waals surface area contributed by atoms with Crippen molar-refractivity contribution in [3.63, 3.8) is 0 Å². The van der Waals surface area contributed by atoms with Gasteiger partial charge in [-0.05, 0) is 32.6 Å². The molecule has 1 fully saturated rings. The lowest BCUT2D eigenvalue weighted by Gasteiger charge is -2.31. The molecule has 1 aromatic heterocycles. The normalized spacial score (nSPS) is 16.0. The molecule has 2 rings (SSSR count). The maximum atomic E-state index is 12.2. The van der Waals surface area contributed by atoms with Gasteiger partial charge < -0.3 is 14.5 Å². The van der Waals surface area contributed by atoms with Crippen LogP contribution >= 0.6 is 11.8 Å². The molecule has 1 aliphatic heterocycles. The Morgan fingerprint density at radius 3 is 2.59 bits per heavy atom. The van der Waals surface area contributed by atoms with Crippen LogP contribution in [0.4, 0.5) is 0 Å². The van der Waals surface area contributed by atoms with Crippen molar-refractivity contribution < 1.29 is 19.2 Å². The van der Waals surface area contributed by atoms with Crippen LogP contribution in [0, 0.1) is 19.8 Å². The standard InChI is InChI=1S/C15H22N2O4S/c1-10-13(11(2)21-16-10)8-22-9-14(18)17-5-3-12(4-6-17)7-15(19)20/h12H,3-9H2,1-2H3,(H,19,20). The van der Waals surface area contributed by atoms with Crippen molar-refractivity contribution in [2.75, 3.05) is 18.8 Å². The maximum Gasteiger partial charge on any atom is 0.303 e. The van der Waals surface area contributed by atoms with Gasteiger partial charge in [0.2, 0.25) is 5.91 Å². The molecule has 0 unspecified atom stereocenters. The SMILES string of the molecule is Cc1noc(C)c1CSCC(=O)N1CCC(CC(=O)O)CC1. The highest BCUT2D eigenvalue weighted by atomic mass is 32.2. The summed E-state index contributed by atoms with van der Waals surface area (Å²) in [6.45, 7) is 5.12. The Bertz CT molecular complexity index is 516. The van der Waals surface area contributed by atoms with Gasteiger partial charge in [-0.3, -0.25) is 9.59 Å². The Morgan fingerprint density at radius 1 is 1.36 bits per heavy atom. The average molecular weight is 326 g/mol. The van der Waals surface area contributed by atoms with Crippen LogP contribution in [0.1, 0.15) is 36.3 Å². The summed E-state index contributed by atoms with van der Waals surface area (Å²) >= 11 is 1.57. The molecule has 0 spiro atoms. The number of carboxylic acids is 1. The van der Waals surface area contributed by atoms with Crippen molar-refractivity contribution in [2.24, 2.45) is 5.92 Å². The molecular formula is C15H22N2O4S. The van der Waals surface area contributed by atoms with Gasteiger partial charge in [0.25, 0.3) is 0 Å². The lowest BCUT2D eigenvalue weighted by atomic mass is 9.94. The molecule has 1 amide bonds. The summed E-state index contributed by atoms with van der Waals surface area (Å²) in [5, 5.41) is 12.7. The van der Waals surface area contributed by atoms with Crippen LogP contribution in [0.25, 0.3) is 0 Å². The van der Waals surface area contributed by atoms with E-state index in [2.05, 4.69) is 5.16 Å². The van der Waals surface area contributed by atoms with Crippen LogP contribution in [-0.4, -0.2) is 45.9 Å². The molecule has 0 aliphatic carbocycles. The van der Waals surface area contributed by atoms with Gasteiger partial charge in [-0.2, -0.15) is 0 Å². The van der Waals surface area contributed by atoms with E-state index in [1.807, 2.05) is 18.7 Å². The predicted octanol–water partition coefficient (Wildman–Crippen LogP) is 2.24. The van der Waals surface area contributed by atoms with Crippen molar-refractivity contribution >= 4 is 23.6 Å². The zero-order chi connectivity index (χ0) is 16.1. The average Bonchev–Trinajstić information content (AvgIpc) is 2.79. The van der Waals surface area contributed by atoms with Gasteiger partial charge in [-0.1, -0.05) is 5.16 Å². The van der Waals surface area contributed by atoms with Crippen molar-refractivity contribution in [1.82, 2.24) is 10.1 Å². The second-order valence-corrected chi connectivity index (χ2v) is 6.70. The number of thioether (sulfide) groups is 1. The fraction of sp³-hybridized carbons (Fsp3) is 0.667. The Labute approximate surface area is 134 Å². The number of aliphatic carboxylic acids is 1. The first-order valence-electron chi connectivity index (χ1n) is 7.46. The molecule has 1 aliphatic rings. The summed E-state index contributed by atoms with van der Waals surface area (Å²) in [4.78, 5) is 24.7.